The maximum atomic E-state index is 13.1. The average Bonchev–Trinajstić information content (AvgIpc) is 2.65. The molecule has 2 atom stereocenters. The number of carbonyl (C=O) groups excluding carboxylic acids is 2. The first-order chi connectivity index (χ1) is 13.3. The largest absolute Gasteiger partial charge is 0.352 e. The SMILES string of the molecule is CC[C@H](C)NC(=O)[C@@H](C)N(Cc1cccc(C)c1)C(=O)Cc1cccc(Cl)c1. The van der Waals surface area contributed by atoms with Gasteiger partial charge in [-0.1, -0.05) is 60.5 Å². The van der Waals surface area contributed by atoms with Crippen molar-refractivity contribution in [1.82, 2.24) is 10.2 Å². The van der Waals surface area contributed by atoms with E-state index in [4.69, 9.17) is 11.6 Å². The Morgan fingerprint density at radius 3 is 2.39 bits per heavy atom. The van der Waals surface area contributed by atoms with Crippen LogP contribution in [0.15, 0.2) is 48.5 Å². The first-order valence-electron chi connectivity index (χ1n) is 9.70. The number of carbonyl (C=O) groups is 2. The molecule has 0 aliphatic heterocycles. The van der Waals surface area contributed by atoms with Gasteiger partial charge in [0, 0.05) is 17.6 Å². The fourth-order valence-corrected chi connectivity index (χ4v) is 3.19. The van der Waals surface area contributed by atoms with Gasteiger partial charge in [-0.3, -0.25) is 9.59 Å². The van der Waals surface area contributed by atoms with E-state index in [9.17, 15) is 9.59 Å². The normalized spacial score (nSPS) is 12.9. The summed E-state index contributed by atoms with van der Waals surface area (Å²) in [5.74, 6) is -0.239. The van der Waals surface area contributed by atoms with Crippen LogP contribution in [0.3, 0.4) is 0 Å². The second-order valence-corrected chi connectivity index (χ2v) is 7.75. The number of hydrogen-bond donors (Lipinski definition) is 1. The minimum atomic E-state index is -0.568. The van der Waals surface area contributed by atoms with Crippen LogP contribution < -0.4 is 5.32 Å². The summed E-state index contributed by atoms with van der Waals surface area (Å²) in [6.45, 7) is 8.16. The second kappa shape index (κ2) is 10.3. The van der Waals surface area contributed by atoms with E-state index in [1.165, 1.54) is 0 Å². The van der Waals surface area contributed by atoms with Crippen molar-refractivity contribution in [2.24, 2.45) is 0 Å². The van der Waals surface area contributed by atoms with E-state index < -0.39 is 6.04 Å². The molecule has 0 radical (unpaired) electrons. The van der Waals surface area contributed by atoms with E-state index in [0.29, 0.717) is 11.6 Å². The lowest BCUT2D eigenvalue weighted by Gasteiger charge is -2.30. The zero-order valence-corrected chi connectivity index (χ0v) is 17.8. The highest BCUT2D eigenvalue weighted by molar-refractivity contribution is 6.30. The van der Waals surface area contributed by atoms with Gasteiger partial charge in [0.25, 0.3) is 0 Å². The summed E-state index contributed by atoms with van der Waals surface area (Å²) < 4.78 is 0. The van der Waals surface area contributed by atoms with Crippen molar-refractivity contribution in [2.45, 2.75) is 59.2 Å². The average molecular weight is 401 g/mol. The third kappa shape index (κ3) is 6.38. The van der Waals surface area contributed by atoms with E-state index in [-0.39, 0.29) is 24.3 Å². The molecule has 0 spiro atoms. The van der Waals surface area contributed by atoms with Gasteiger partial charge in [-0.05, 0) is 50.5 Å². The van der Waals surface area contributed by atoms with Gasteiger partial charge in [-0.2, -0.15) is 0 Å². The molecular weight excluding hydrogens is 372 g/mol. The van der Waals surface area contributed by atoms with Gasteiger partial charge in [0.1, 0.15) is 6.04 Å². The minimum absolute atomic E-state index is 0.0683. The van der Waals surface area contributed by atoms with Crippen LogP contribution in [0.5, 0.6) is 0 Å². The van der Waals surface area contributed by atoms with Crippen molar-refractivity contribution in [3.63, 3.8) is 0 Å². The second-order valence-electron chi connectivity index (χ2n) is 7.31. The third-order valence-electron chi connectivity index (χ3n) is 4.85. The van der Waals surface area contributed by atoms with Crippen LogP contribution >= 0.6 is 11.6 Å². The summed E-state index contributed by atoms with van der Waals surface area (Å²) in [7, 11) is 0. The van der Waals surface area contributed by atoms with Gasteiger partial charge in [0.05, 0.1) is 6.42 Å². The van der Waals surface area contributed by atoms with E-state index in [0.717, 1.165) is 23.1 Å². The summed E-state index contributed by atoms with van der Waals surface area (Å²) in [5, 5.41) is 3.58. The first kappa shape index (κ1) is 22.0. The molecule has 0 saturated carbocycles. The molecule has 4 nitrogen and oxygen atoms in total. The topological polar surface area (TPSA) is 49.4 Å². The predicted molar refractivity (Wildman–Crippen MR) is 114 cm³/mol. The summed E-state index contributed by atoms with van der Waals surface area (Å²) in [6.07, 6.45) is 1.04. The summed E-state index contributed by atoms with van der Waals surface area (Å²) in [4.78, 5) is 27.5. The summed E-state index contributed by atoms with van der Waals surface area (Å²) in [6, 6.07) is 14.8. The molecule has 0 unspecified atom stereocenters. The monoisotopic (exact) mass is 400 g/mol. The highest BCUT2D eigenvalue weighted by atomic mass is 35.5. The number of amides is 2. The maximum Gasteiger partial charge on any atom is 0.242 e. The van der Waals surface area contributed by atoms with E-state index in [2.05, 4.69) is 5.32 Å². The van der Waals surface area contributed by atoms with Crippen LogP contribution in [0, 0.1) is 6.92 Å². The van der Waals surface area contributed by atoms with Crippen molar-refractivity contribution in [3.05, 3.63) is 70.2 Å². The smallest absolute Gasteiger partial charge is 0.242 e. The first-order valence-corrected chi connectivity index (χ1v) is 10.1. The molecule has 0 aliphatic carbocycles. The van der Waals surface area contributed by atoms with Crippen molar-refractivity contribution in [3.8, 4) is 0 Å². The molecule has 2 aromatic rings. The Bertz CT molecular complexity index is 822. The molecule has 1 N–H and O–H groups in total. The number of nitrogens with one attached hydrogen (secondary N) is 1. The van der Waals surface area contributed by atoms with Gasteiger partial charge in [0.2, 0.25) is 11.8 Å². The fourth-order valence-electron chi connectivity index (χ4n) is 2.98. The van der Waals surface area contributed by atoms with E-state index >= 15 is 0 Å². The zero-order chi connectivity index (χ0) is 20.7. The molecule has 0 heterocycles. The molecular formula is C23H29ClN2O2. The van der Waals surface area contributed by atoms with Crippen LogP contribution in [-0.2, 0) is 22.6 Å². The standard InChI is InChI=1S/C23H29ClN2O2/c1-5-17(3)25-23(28)18(4)26(15-20-10-6-8-16(2)12-20)22(27)14-19-9-7-11-21(24)13-19/h6-13,17-18H,5,14-15H2,1-4H3,(H,25,28)/t17-,18+/m0/s1. The molecule has 2 aromatic carbocycles. The van der Waals surface area contributed by atoms with Gasteiger partial charge >= 0.3 is 0 Å². The number of halogens is 1. The van der Waals surface area contributed by atoms with Crippen molar-refractivity contribution >= 4 is 23.4 Å². The minimum Gasteiger partial charge on any atom is -0.352 e. The van der Waals surface area contributed by atoms with Gasteiger partial charge in [-0.25, -0.2) is 0 Å². The highest BCUT2D eigenvalue weighted by Gasteiger charge is 2.26. The van der Waals surface area contributed by atoms with Gasteiger partial charge < -0.3 is 10.2 Å². The molecule has 0 aliphatic rings. The lowest BCUT2D eigenvalue weighted by Crippen LogP contribution is -2.49. The highest BCUT2D eigenvalue weighted by Crippen LogP contribution is 2.16. The van der Waals surface area contributed by atoms with Crippen LogP contribution in [0.4, 0.5) is 0 Å². The van der Waals surface area contributed by atoms with Crippen molar-refractivity contribution in [2.75, 3.05) is 0 Å². The molecule has 0 saturated heterocycles. The molecule has 0 aromatic heterocycles. The Kier molecular flexibility index (Phi) is 8.06. The maximum absolute atomic E-state index is 13.1. The Morgan fingerprint density at radius 1 is 1.07 bits per heavy atom. The quantitative estimate of drug-likeness (QED) is 0.708. The Labute approximate surface area is 172 Å². The van der Waals surface area contributed by atoms with Crippen LogP contribution in [0.2, 0.25) is 5.02 Å². The number of hydrogen-bond acceptors (Lipinski definition) is 2. The molecule has 0 bridgehead atoms. The number of benzene rings is 2. The molecule has 2 amide bonds. The predicted octanol–water partition coefficient (Wildman–Crippen LogP) is 4.52. The summed E-state index contributed by atoms with van der Waals surface area (Å²) in [5.41, 5.74) is 2.96. The van der Waals surface area contributed by atoms with Crippen LogP contribution in [0.25, 0.3) is 0 Å². The lowest BCUT2D eigenvalue weighted by molar-refractivity contribution is -0.140. The molecule has 28 heavy (non-hydrogen) atoms. The molecule has 5 heteroatoms. The Hall–Kier alpha value is -2.33. The molecule has 2 rings (SSSR count). The number of aryl methyl sites for hydroxylation is 1. The third-order valence-corrected chi connectivity index (χ3v) is 5.08. The summed E-state index contributed by atoms with van der Waals surface area (Å²) >= 11 is 6.05. The fraction of sp³-hybridized carbons (Fsp3) is 0.391. The van der Waals surface area contributed by atoms with Crippen LogP contribution in [-0.4, -0.2) is 28.8 Å². The molecule has 0 fully saturated rings. The van der Waals surface area contributed by atoms with Gasteiger partial charge in [-0.15, -0.1) is 0 Å². The zero-order valence-electron chi connectivity index (χ0n) is 17.0. The number of rotatable bonds is 8. The Morgan fingerprint density at radius 2 is 1.75 bits per heavy atom. The van der Waals surface area contributed by atoms with Crippen molar-refractivity contribution < 1.29 is 9.59 Å². The Balaban J connectivity index is 2.23. The van der Waals surface area contributed by atoms with Gasteiger partial charge in [0.15, 0.2) is 0 Å². The van der Waals surface area contributed by atoms with Crippen LogP contribution in [0.1, 0.15) is 43.9 Å². The lowest BCUT2D eigenvalue weighted by atomic mass is 10.1. The van der Waals surface area contributed by atoms with E-state index in [1.54, 1.807) is 24.0 Å². The van der Waals surface area contributed by atoms with Crippen molar-refractivity contribution in [1.29, 1.82) is 0 Å². The number of nitrogens with zero attached hydrogens (tertiary/aromatic N) is 1. The molecule has 150 valence electrons. The van der Waals surface area contributed by atoms with E-state index in [1.807, 2.05) is 57.2 Å².